The van der Waals surface area contributed by atoms with Gasteiger partial charge in [0.05, 0.1) is 12.7 Å². The number of alkyl halides is 4. The van der Waals surface area contributed by atoms with E-state index in [0.29, 0.717) is 4.57 Å². The van der Waals surface area contributed by atoms with Gasteiger partial charge in [0.1, 0.15) is 4.64 Å². The highest BCUT2D eigenvalue weighted by atomic mass is 32.1. The highest BCUT2D eigenvalue weighted by Crippen LogP contribution is 2.50. The van der Waals surface area contributed by atoms with Gasteiger partial charge >= 0.3 is 11.9 Å². The summed E-state index contributed by atoms with van der Waals surface area (Å²) in [7, 11) is 0. The lowest BCUT2D eigenvalue weighted by molar-refractivity contribution is -0.256. The van der Waals surface area contributed by atoms with E-state index in [9.17, 15) is 22.4 Å². The highest BCUT2D eigenvalue weighted by molar-refractivity contribution is 7.71. The Bertz CT molecular complexity index is 614. The van der Waals surface area contributed by atoms with Crippen LogP contribution in [0.1, 0.15) is 12.6 Å². The molecule has 1 saturated heterocycles. The molecule has 1 aromatic heterocycles. The van der Waals surface area contributed by atoms with Crippen LogP contribution in [0.3, 0.4) is 0 Å². The Balaban J connectivity index is 2.52. The van der Waals surface area contributed by atoms with Gasteiger partial charge in [-0.2, -0.15) is 13.2 Å². The molecule has 1 aliphatic heterocycles. The van der Waals surface area contributed by atoms with E-state index < -0.39 is 42.9 Å². The summed E-state index contributed by atoms with van der Waals surface area (Å²) in [5.41, 5.74) is -4.78. The number of hydrogen-bond donors (Lipinski definition) is 2. The van der Waals surface area contributed by atoms with Crippen molar-refractivity contribution in [1.29, 1.82) is 0 Å². The van der Waals surface area contributed by atoms with E-state index >= 15 is 0 Å². The Kier molecular flexibility index (Phi) is 3.73. The van der Waals surface area contributed by atoms with Crippen molar-refractivity contribution in [2.24, 2.45) is 0 Å². The number of ether oxygens (including phenoxy) is 1. The number of aromatic nitrogens is 2. The molecule has 0 radical (unpaired) electrons. The Morgan fingerprint density at radius 2 is 2.25 bits per heavy atom. The van der Waals surface area contributed by atoms with Crippen molar-refractivity contribution >= 4 is 12.2 Å². The predicted octanol–water partition coefficient (Wildman–Crippen LogP) is 1.46. The molecule has 0 amide bonds. The van der Waals surface area contributed by atoms with E-state index in [4.69, 9.17) is 9.84 Å². The van der Waals surface area contributed by atoms with Gasteiger partial charge in [0.25, 0.3) is 5.67 Å². The molecule has 1 aliphatic rings. The van der Waals surface area contributed by atoms with E-state index in [0.717, 1.165) is 12.3 Å². The molecule has 5 nitrogen and oxygen atoms in total. The van der Waals surface area contributed by atoms with Gasteiger partial charge in [-0.05, 0) is 6.07 Å². The molecule has 3 atom stereocenters. The molecular formula is C10H10F4N2O3S. The van der Waals surface area contributed by atoms with Gasteiger partial charge < -0.3 is 9.84 Å². The minimum Gasteiger partial charge on any atom is -0.394 e. The van der Waals surface area contributed by atoms with Gasteiger partial charge in [0.15, 0.2) is 6.23 Å². The second-order valence-electron chi connectivity index (χ2n) is 4.37. The molecule has 10 heteroatoms. The molecule has 112 valence electrons. The summed E-state index contributed by atoms with van der Waals surface area (Å²) in [6.45, 7) is -0.782. The predicted molar refractivity (Wildman–Crippen MR) is 61.4 cm³/mol. The molecule has 20 heavy (non-hydrogen) atoms. The summed E-state index contributed by atoms with van der Waals surface area (Å²) in [5.74, 6) is 0. The van der Waals surface area contributed by atoms with Crippen LogP contribution < -0.4 is 5.69 Å². The maximum absolute atomic E-state index is 14.3. The largest absolute Gasteiger partial charge is 0.427 e. The summed E-state index contributed by atoms with van der Waals surface area (Å²) in [5, 5.41) is 8.87. The maximum atomic E-state index is 14.3. The second-order valence-corrected chi connectivity index (χ2v) is 4.81. The SMILES string of the molecule is O=c1[nH]c(=S)ccn1[C@@H]1O[C@H](CO)C[C@]1(F)C(F)(F)F. The molecule has 1 aromatic rings. The molecule has 1 fully saturated rings. The van der Waals surface area contributed by atoms with Crippen LogP contribution in [0.25, 0.3) is 0 Å². The van der Waals surface area contributed by atoms with Gasteiger partial charge in [0, 0.05) is 12.6 Å². The molecule has 0 saturated carbocycles. The summed E-state index contributed by atoms with van der Waals surface area (Å²) in [6.07, 6.45) is -8.96. The number of nitrogens with one attached hydrogen (secondary N) is 1. The fourth-order valence-electron chi connectivity index (χ4n) is 2.03. The van der Waals surface area contributed by atoms with E-state index in [1.807, 2.05) is 0 Å². The third-order valence-electron chi connectivity index (χ3n) is 3.02. The summed E-state index contributed by atoms with van der Waals surface area (Å²) in [4.78, 5) is 13.7. The van der Waals surface area contributed by atoms with Crippen molar-refractivity contribution in [2.45, 2.75) is 30.6 Å². The van der Waals surface area contributed by atoms with Crippen LogP contribution >= 0.6 is 12.2 Å². The van der Waals surface area contributed by atoms with Crippen LogP contribution in [0.4, 0.5) is 17.6 Å². The van der Waals surface area contributed by atoms with Crippen LogP contribution in [0.2, 0.25) is 0 Å². The Hall–Kier alpha value is -1.26. The first-order valence-electron chi connectivity index (χ1n) is 5.52. The molecule has 2 heterocycles. The number of nitrogens with zero attached hydrogens (tertiary/aromatic N) is 1. The number of rotatable bonds is 2. The van der Waals surface area contributed by atoms with Crippen molar-refractivity contribution < 1.29 is 27.4 Å². The average molecular weight is 314 g/mol. The fourth-order valence-corrected chi connectivity index (χ4v) is 2.18. The van der Waals surface area contributed by atoms with Crippen molar-refractivity contribution in [3.8, 4) is 0 Å². The molecule has 0 bridgehead atoms. The number of H-pyrrole nitrogens is 1. The van der Waals surface area contributed by atoms with Crippen LogP contribution in [0, 0.1) is 4.64 Å². The molecule has 0 aromatic carbocycles. The van der Waals surface area contributed by atoms with Gasteiger partial charge in [-0.15, -0.1) is 0 Å². The number of aliphatic hydroxyl groups excluding tert-OH is 1. The maximum Gasteiger partial charge on any atom is 0.427 e. The van der Waals surface area contributed by atoms with Crippen molar-refractivity contribution in [1.82, 2.24) is 9.55 Å². The van der Waals surface area contributed by atoms with Crippen LogP contribution in [-0.4, -0.2) is 39.2 Å². The summed E-state index contributed by atoms with van der Waals surface area (Å²) in [6, 6.07) is 1.14. The van der Waals surface area contributed by atoms with Gasteiger partial charge in [-0.25, -0.2) is 9.18 Å². The monoisotopic (exact) mass is 314 g/mol. The third kappa shape index (κ3) is 2.38. The highest BCUT2D eigenvalue weighted by Gasteiger charge is 2.67. The standard InChI is InChI=1S/C10H10F4N2O3S/c11-9(10(12,13)14)3-5(4-17)19-7(9)16-2-1-6(20)15-8(16)18/h1-2,5,7,17H,3-4H2,(H,15,18,20)/t5-,7+,9+/m0/s1. The lowest BCUT2D eigenvalue weighted by Gasteiger charge is -2.28. The zero-order chi connectivity index (χ0) is 15.1. The lowest BCUT2D eigenvalue weighted by Crippen LogP contribution is -2.47. The van der Waals surface area contributed by atoms with E-state index in [1.54, 1.807) is 0 Å². The number of hydrogen-bond acceptors (Lipinski definition) is 4. The van der Waals surface area contributed by atoms with Crippen molar-refractivity contribution in [3.05, 3.63) is 27.4 Å². The molecular weight excluding hydrogens is 304 g/mol. The number of aliphatic hydroxyl groups is 1. The molecule has 0 unspecified atom stereocenters. The minimum absolute atomic E-state index is 0.000535. The quantitative estimate of drug-likeness (QED) is 0.640. The van der Waals surface area contributed by atoms with Gasteiger partial charge in [-0.1, -0.05) is 12.2 Å². The van der Waals surface area contributed by atoms with E-state index in [-0.39, 0.29) is 4.64 Å². The first-order valence-corrected chi connectivity index (χ1v) is 5.93. The van der Waals surface area contributed by atoms with Crippen LogP contribution in [0.5, 0.6) is 0 Å². The summed E-state index contributed by atoms with van der Waals surface area (Å²) >= 11 is 4.64. The van der Waals surface area contributed by atoms with Gasteiger partial charge in [-0.3, -0.25) is 9.55 Å². The third-order valence-corrected chi connectivity index (χ3v) is 3.25. The van der Waals surface area contributed by atoms with Crippen LogP contribution in [0.15, 0.2) is 17.1 Å². The van der Waals surface area contributed by atoms with Crippen LogP contribution in [-0.2, 0) is 4.74 Å². The molecule has 2 rings (SSSR count). The first-order chi connectivity index (χ1) is 9.19. The lowest BCUT2D eigenvalue weighted by atomic mass is 9.99. The molecule has 0 aliphatic carbocycles. The second kappa shape index (κ2) is 4.93. The normalized spacial score (nSPS) is 30.6. The molecule has 0 spiro atoms. The van der Waals surface area contributed by atoms with Crippen molar-refractivity contribution in [2.75, 3.05) is 6.61 Å². The first kappa shape index (κ1) is 15.1. The Labute approximate surface area is 114 Å². The number of halogens is 4. The van der Waals surface area contributed by atoms with E-state index in [1.165, 1.54) is 0 Å². The molecule has 2 N–H and O–H groups in total. The zero-order valence-electron chi connectivity index (χ0n) is 9.85. The Morgan fingerprint density at radius 3 is 2.75 bits per heavy atom. The van der Waals surface area contributed by atoms with Gasteiger partial charge in [0.2, 0.25) is 0 Å². The number of aromatic amines is 1. The fraction of sp³-hybridized carbons (Fsp3) is 0.600. The Morgan fingerprint density at radius 1 is 1.60 bits per heavy atom. The minimum atomic E-state index is -5.24. The topological polar surface area (TPSA) is 67.2 Å². The smallest absolute Gasteiger partial charge is 0.394 e. The van der Waals surface area contributed by atoms with E-state index in [2.05, 4.69) is 17.2 Å². The summed E-state index contributed by atoms with van der Waals surface area (Å²) < 4.78 is 58.3. The average Bonchev–Trinajstić information content (AvgIpc) is 2.67. The zero-order valence-corrected chi connectivity index (χ0v) is 10.7. The van der Waals surface area contributed by atoms with Crippen molar-refractivity contribution in [3.63, 3.8) is 0 Å².